The molecule has 0 fully saturated rings. The number of hydrogen-bond donors (Lipinski definition) is 3. The van der Waals surface area contributed by atoms with E-state index in [-0.39, 0.29) is 11.8 Å². The first kappa shape index (κ1) is 18.8. The third-order valence-electron chi connectivity index (χ3n) is 6.15. The number of anilines is 1. The van der Waals surface area contributed by atoms with Gasteiger partial charge < -0.3 is 10.3 Å². The molecule has 7 heteroatoms. The first-order valence-electron chi connectivity index (χ1n) is 9.60. The molecule has 0 saturated heterocycles. The maximum Gasteiger partial charge on any atom is 0.325 e. The molecule has 3 aromatic rings. The SMILES string of the molecule is CC1=C(c2c[nH]c(=O)[nH]c2=O)c2ccccc2C1C1C(=O)Nc2ccc(Br)c(C)c21. The van der Waals surface area contributed by atoms with Crippen LogP contribution in [0.4, 0.5) is 5.69 Å². The van der Waals surface area contributed by atoms with Gasteiger partial charge in [0.25, 0.3) is 5.56 Å². The highest BCUT2D eigenvalue weighted by Gasteiger charge is 2.44. The monoisotopic (exact) mass is 463 g/mol. The molecule has 0 spiro atoms. The van der Waals surface area contributed by atoms with Crippen LogP contribution in [-0.4, -0.2) is 15.9 Å². The topological polar surface area (TPSA) is 94.8 Å². The summed E-state index contributed by atoms with van der Waals surface area (Å²) in [5, 5.41) is 3.02. The predicted molar refractivity (Wildman–Crippen MR) is 119 cm³/mol. The zero-order chi connectivity index (χ0) is 21.2. The summed E-state index contributed by atoms with van der Waals surface area (Å²) in [6.07, 6.45) is 1.45. The highest BCUT2D eigenvalue weighted by molar-refractivity contribution is 9.10. The van der Waals surface area contributed by atoms with Crippen LogP contribution >= 0.6 is 15.9 Å². The molecular weight excluding hydrogens is 446 g/mol. The fourth-order valence-electron chi connectivity index (χ4n) is 4.85. The number of hydrogen-bond acceptors (Lipinski definition) is 3. The number of aromatic amines is 2. The van der Waals surface area contributed by atoms with Gasteiger partial charge in [-0.1, -0.05) is 45.8 Å². The van der Waals surface area contributed by atoms with Gasteiger partial charge in [0.05, 0.1) is 11.5 Å². The molecule has 2 atom stereocenters. The number of benzene rings is 2. The van der Waals surface area contributed by atoms with E-state index >= 15 is 0 Å². The number of nitrogens with one attached hydrogen (secondary N) is 3. The van der Waals surface area contributed by atoms with Gasteiger partial charge in [-0.15, -0.1) is 0 Å². The predicted octanol–water partition coefficient (Wildman–Crippen LogP) is 3.79. The van der Waals surface area contributed by atoms with Crippen molar-refractivity contribution >= 4 is 33.1 Å². The second kappa shape index (κ2) is 6.67. The molecule has 1 aliphatic heterocycles. The number of aromatic nitrogens is 2. The summed E-state index contributed by atoms with van der Waals surface area (Å²) in [5.74, 6) is -0.670. The summed E-state index contributed by atoms with van der Waals surface area (Å²) in [4.78, 5) is 42.1. The van der Waals surface area contributed by atoms with Crippen LogP contribution in [0.5, 0.6) is 0 Å². The molecule has 2 heterocycles. The van der Waals surface area contributed by atoms with E-state index in [2.05, 4.69) is 31.2 Å². The van der Waals surface area contributed by atoms with Crippen LogP contribution < -0.4 is 16.6 Å². The summed E-state index contributed by atoms with van der Waals surface area (Å²) < 4.78 is 0.952. The van der Waals surface area contributed by atoms with Gasteiger partial charge in [0, 0.05) is 22.3 Å². The lowest BCUT2D eigenvalue weighted by atomic mass is 9.79. The van der Waals surface area contributed by atoms with Crippen LogP contribution in [0.15, 0.2) is 62.2 Å². The summed E-state index contributed by atoms with van der Waals surface area (Å²) in [7, 11) is 0. The highest BCUT2D eigenvalue weighted by atomic mass is 79.9. The van der Waals surface area contributed by atoms with Gasteiger partial charge in [-0.25, -0.2) is 4.79 Å². The fourth-order valence-corrected chi connectivity index (χ4v) is 5.20. The van der Waals surface area contributed by atoms with Crippen molar-refractivity contribution in [2.24, 2.45) is 0 Å². The van der Waals surface area contributed by atoms with Gasteiger partial charge in [-0.2, -0.15) is 0 Å². The van der Waals surface area contributed by atoms with E-state index in [0.717, 1.165) is 43.6 Å². The second-order valence-electron chi connectivity index (χ2n) is 7.71. The first-order chi connectivity index (χ1) is 14.4. The van der Waals surface area contributed by atoms with Crippen molar-refractivity contribution < 1.29 is 4.79 Å². The van der Waals surface area contributed by atoms with Gasteiger partial charge in [0.15, 0.2) is 0 Å². The average molecular weight is 464 g/mol. The van der Waals surface area contributed by atoms with Crippen LogP contribution in [0.25, 0.3) is 5.57 Å². The number of rotatable bonds is 2. The van der Waals surface area contributed by atoms with E-state index < -0.39 is 17.2 Å². The van der Waals surface area contributed by atoms with E-state index in [1.54, 1.807) is 0 Å². The van der Waals surface area contributed by atoms with E-state index in [1.807, 2.05) is 50.2 Å². The lowest BCUT2D eigenvalue weighted by Gasteiger charge is -2.22. The molecule has 30 heavy (non-hydrogen) atoms. The number of H-pyrrole nitrogens is 2. The molecule has 6 nitrogen and oxygen atoms in total. The fraction of sp³-hybridized carbons (Fsp3) is 0.174. The van der Waals surface area contributed by atoms with Crippen LogP contribution in [0, 0.1) is 6.92 Å². The Morgan fingerprint density at radius 3 is 2.47 bits per heavy atom. The smallest absolute Gasteiger partial charge is 0.325 e. The van der Waals surface area contributed by atoms with Crippen molar-refractivity contribution in [3.05, 3.63) is 101 Å². The van der Waals surface area contributed by atoms with Gasteiger partial charge in [-0.05, 0) is 53.8 Å². The van der Waals surface area contributed by atoms with Crippen molar-refractivity contribution in [2.45, 2.75) is 25.7 Å². The van der Waals surface area contributed by atoms with Gasteiger partial charge in [-0.3, -0.25) is 14.6 Å². The summed E-state index contributed by atoms with van der Waals surface area (Å²) in [6, 6.07) is 11.7. The Balaban J connectivity index is 1.78. The van der Waals surface area contributed by atoms with E-state index in [0.29, 0.717) is 5.56 Å². The molecule has 2 unspecified atom stereocenters. The average Bonchev–Trinajstić information content (AvgIpc) is 3.18. The molecule has 3 N–H and O–H groups in total. The first-order valence-corrected chi connectivity index (χ1v) is 10.4. The lowest BCUT2D eigenvalue weighted by molar-refractivity contribution is -0.117. The van der Waals surface area contributed by atoms with E-state index in [1.165, 1.54) is 6.20 Å². The molecule has 1 aliphatic carbocycles. The molecular formula is C23H18BrN3O3. The molecule has 0 radical (unpaired) electrons. The quantitative estimate of drug-likeness (QED) is 0.539. The maximum absolute atomic E-state index is 13.1. The van der Waals surface area contributed by atoms with Crippen LogP contribution in [-0.2, 0) is 4.79 Å². The summed E-state index contributed by atoms with van der Waals surface area (Å²) >= 11 is 3.59. The van der Waals surface area contributed by atoms with Crippen molar-refractivity contribution in [3.63, 3.8) is 0 Å². The van der Waals surface area contributed by atoms with E-state index in [9.17, 15) is 14.4 Å². The largest absolute Gasteiger partial charge is 0.325 e. The van der Waals surface area contributed by atoms with Gasteiger partial charge in [0.1, 0.15) is 0 Å². The van der Waals surface area contributed by atoms with Crippen molar-refractivity contribution in [2.75, 3.05) is 5.32 Å². The molecule has 2 aromatic carbocycles. The van der Waals surface area contributed by atoms with Crippen LogP contribution in [0.3, 0.4) is 0 Å². The zero-order valence-electron chi connectivity index (χ0n) is 16.3. The van der Waals surface area contributed by atoms with Crippen molar-refractivity contribution in [1.82, 2.24) is 9.97 Å². The normalized spacial score (nSPS) is 19.6. The van der Waals surface area contributed by atoms with Crippen LogP contribution in [0.2, 0.25) is 0 Å². The zero-order valence-corrected chi connectivity index (χ0v) is 17.9. The second-order valence-corrected chi connectivity index (χ2v) is 8.56. The Labute approximate surface area is 180 Å². The molecule has 1 aromatic heterocycles. The number of halogens is 1. The number of fused-ring (bicyclic) bond motifs is 2. The van der Waals surface area contributed by atoms with E-state index in [4.69, 9.17) is 0 Å². The van der Waals surface area contributed by atoms with Gasteiger partial charge in [0.2, 0.25) is 5.91 Å². The minimum absolute atomic E-state index is 0.0537. The van der Waals surface area contributed by atoms with Crippen molar-refractivity contribution in [3.8, 4) is 0 Å². The number of carbonyl (C=O) groups excluding carboxylic acids is 1. The summed E-state index contributed by atoms with van der Waals surface area (Å²) in [5.41, 5.74) is 5.84. The van der Waals surface area contributed by atoms with Crippen LogP contribution in [0.1, 0.15) is 46.6 Å². The molecule has 1 amide bonds. The summed E-state index contributed by atoms with van der Waals surface area (Å²) in [6.45, 7) is 3.97. The highest BCUT2D eigenvalue weighted by Crippen LogP contribution is 2.54. The Kier molecular flexibility index (Phi) is 4.18. The Morgan fingerprint density at radius 2 is 1.70 bits per heavy atom. The number of allylic oxidation sites excluding steroid dienone is 1. The Morgan fingerprint density at radius 1 is 0.933 bits per heavy atom. The number of amides is 1. The Hall–Kier alpha value is -3.19. The maximum atomic E-state index is 13.1. The Bertz CT molecular complexity index is 1380. The molecule has 150 valence electrons. The minimum Gasteiger partial charge on any atom is -0.325 e. The number of carbonyl (C=O) groups is 1. The van der Waals surface area contributed by atoms with Gasteiger partial charge >= 0.3 is 5.69 Å². The molecule has 0 saturated carbocycles. The molecule has 0 bridgehead atoms. The molecule has 2 aliphatic rings. The standard InChI is InChI=1S/C23H18BrN3O3/c1-10-15(24)7-8-16-19(10)20(22(29)26-16)18-11(2)17(12-5-3-4-6-13(12)18)14-9-25-23(30)27-21(14)28/h3-9,18,20H,1-2H3,(H,26,29)(H2,25,27,28,30). The molecule has 5 rings (SSSR count). The third kappa shape index (κ3) is 2.58. The lowest BCUT2D eigenvalue weighted by Crippen LogP contribution is -2.24. The third-order valence-corrected chi connectivity index (χ3v) is 7.01. The minimum atomic E-state index is -0.547. The van der Waals surface area contributed by atoms with Crippen molar-refractivity contribution in [1.29, 1.82) is 0 Å².